The van der Waals surface area contributed by atoms with Crippen molar-refractivity contribution in [1.29, 1.82) is 0 Å². The molecule has 1 aromatic rings. The van der Waals surface area contributed by atoms with E-state index < -0.39 is 10.2 Å². The molecule has 0 saturated carbocycles. The summed E-state index contributed by atoms with van der Waals surface area (Å²) >= 11 is 4.97. The molecule has 0 aliphatic rings. The first-order chi connectivity index (χ1) is 6.03. The molecule has 1 rings (SSSR count). The van der Waals surface area contributed by atoms with E-state index in [4.69, 9.17) is 11.8 Å². The van der Waals surface area contributed by atoms with Gasteiger partial charge in [-0.2, -0.15) is 8.42 Å². The van der Waals surface area contributed by atoms with Gasteiger partial charge in [0.1, 0.15) is 0 Å². The zero-order valence-corrected chi connectivity index (χ0v) is 8.48. The first kappa shape index (κ1) is 10.3. The van der Waals surface area contributed by atoms with E-state index in [0.717, 1.165) is 5.56 Å². The third-order valence-electron chi connectivity index (χ3n) is 1.41. The summed E-state index contributed by atoms with van der Waals surface area (Å²) in [4.78, 5) is 0. The summed E-state index contributed by atoms with van der Waals surface area (Å²) in [6.45, 7) is 1.91. The van der Waals surface area contributed by atoms with Crippen LogP contribution in [0.15, 0.2) is 24.3 Å². The first-order valence-electron chi connectivity index (χ1n) is 3.50. The van der Waals surface area contributed by atoms with Gasteiger partial charge in [-0.3, -0.25) is 4.72 Å². The molecular formula is C7H9ClN2O2S. The molecule has 0 heterocycles. The lowest BCUT2D eigenvalue weighted by atomic mass is 10.2. The highest BCUT2D eigenvalue weighted by Gasteiger charge is 2.05. The second-order valence-electron chi connectivity index (χ2n) is 2.55. The second-order valence-corrected chi connectivity index (χ2v) is 4.38. The van der Waals surface area contributed by atoms with Gasteiger partial charge in [-0.15, -0.1) is 4.24 Å². The minimum absolute atomic E-state index is 0.471. The molecule has 0 amide bonds. The van der Waals surface area contributed by atoms with Gasteiger partial charge < -0.3 is 0 Å². The molecule has 0 spiro atoms. The SMILES string of the molecule is Cc1ccc(NS(=O)(=O)NCl)cc1. The maximum Gasteiger partial charge on any atom is 0.312 e. The number of anilines is 1. The van der Waals surface area contributed by atoms with Gasteiger partial charge in [-0.25, -0.2) is 0 Å². The Hall–Kier alpha value is -0.780. The van der Waals surface area contributed by atoms with Gasteiger partial charge in [-0.1, -0.05) is 17.7 Å². The van der Waals surface area contributed by atoms with Crippen LogP contribution in [0.25, 0.3) is 0 Å². The van der Waals surface area contributed by atoms with Gasteiger partial charge in [0.2, 0.25) is 0 Å². The van der Waals surface area contributed by atoms with Crippen LogP contribution in [-0.4, -0.2) is 8.42 Å². The second kappa shape index (κ2) is 3.95. The highest BCUT2D eigenvalue weighted by Crippen LogP contribution is 2.09. The molecule has 0 radical (unpaired) electrons. The Bertz CT molecular complexity index is 374. The summed E-state index contributed by atoms with van der Waals surface area (Å²) in [6.07, 6.45) is 0. The molecule has 13 heavy (non-hydrogen) atoms. The maximum atomic E-state index is 10.9. The molecule has 0 fully saturated rings. The molecule has 0 unspecified atom stereocenters. The van der Waals surface area contributed by atoms with Crippen molar-refractivity contribution in [2.75, 3.05) is 4.72 Å². The van der Waals surface area contributed by atoms with E-state index in [1.165, 1.54) is 0 Å². The monoisotopic (exact) mass is 220 g/mol. The lowest BCUT2D eigenvalue weighted by Gasteiger charge is -2.04. The highest BCUT2D eigenvalue weighted by atomic mass is 35.5. The average Bonchev–Trinajstić information content (AvgIpc) is 2.09. The predicted octanol–water partition coefficient (Wildman–Crippen LogP) is 1.40. The number of benzene rings is 1. The van der Waals surface area contributed by atoms with Crippen LogP contribution in [0, 0.1) is 6.92 Å². The standard InChI is InChI=1S/C7H9ClN2O2S/c1-6-2-4-7(5-3-6)9-13(11,12)10-8/h2-5,9-10H,1H3. The largest absolute Gasteiger partial charge is 0.312 e. The van der Waals surface area contributed by atoms with Crippen LogP contribution in [0.1, 0.15) is 5.56 Å². The Labute approximate surface area is 82.2 Å². The predicted molar refractivity (Wildman–Crippen MR) is 52.7 cm³/mol. The minimum atomic E-state index is -3.62. The zero-order valence-electron chi connectivity index (χ0n) is 6.91. The van der Waals surface area contributed by atoms with Crippen LogP contribution in [0.4, 0.5) is 5.69 Å². The molecule has 72 valence electrons. The smallest absolute Gasteiger partial charge is 0.270 e. The van der Waals surface area contributed by atoms with Crippen molar-refractivity contribution in [2.45, 2.75) is 6.92 Å². The van der Waals surface area contributed by atoms with Crippen molar-refractivity contribution in [1.82, 2.24) is 4.24 Å². The molecular weight excluding hydrogens is 212 g/mol. The fourth-order valence-corrected chi connectivity index (χ4v) is 1.40. The van der Waals surface area contributed by atoms with Gasteiger partial charge in [0.15, 0.2) is 0 Å². The highest BCUT2D eigenvalue weighted by molar-refractivity contribution is 7.91. The first-order valence-corrected chi connectivity index (χ1v) is 5.36. The molecule has 6 heteroatoms. The number of halogens is 1. The zero-order chi connectivity index (χ0) is 9.90. The molecule has 0 bridgehead atoms. The molecule has 0 aromatic heterocycles. The van der Waals surface area contributed by atoms with Crippen LogP contribution in [0.5, 0.6) is 0 Å². The topological polar surface area (TPSA) is 58.2 Å². The fourth-order valence-electron chi connectivity index (χ4n) is 0.796. The van der Waals surface area contributed by atoms with E-state index >= 15 is 0 Å². The van der Waals surface area contributed by atoms with Crippen LogP contribution < -0.4 is 8.96 Å². The van der Waals surface area contributed by atoms with Crippen molar-refractivity contribution in [3.8, 4) is 0 Å². The number of hydrogen-bond donors (Lipinski definition) is 2. The van der Waals surface area contributed by atoms with E-state index in [1.807, 2.05) is 6.92 Å². The fraction of sp³-hybridized carbons (Fsp3) is 0.143. The quantitative estimate of drug-likeness (QED) is 0.757. The molecule has 0 aliphatic carbocycles. The number of aryl methyl sites for hydroxylation is 1. The van der Waals surface area contributed by atoms with Crippen molar-refractivity contribution < 1.29 is 8.42 Å². The summed E-state index contributed by atoms with van der Waals surface area (Å²) in [5.74, 6) is 0. The Morgan fingerprint density at radius 1 is 1.23 bits per heavy atom. The summed E-state index contributed by atoms with van der Waals surface area (Å²) in [7, 11) is -3.62. The van der Waals surface area contributed by atoms with Gasteiger partial charge in [0, 0.05) is 5.69 Å². The van der Waals surface area contributed by atoms with E-state index in [-0.39, 0.29) is 0 Å². The number of nitrogens with one attached hydrogen (secondary N) is 2. The van der Waals surface area contributed by atoms with Gasteiger partial charge in [0.05, 0.1) is 0 Å². The summed E-state index contributed by atoms with van der Waals surface area (Å²) in [5.41, 5.74) is 1.53. The maximum absolute atomic E-state index is 10.9. The molecule has 0 aliphatic heterocycles. The van der Waals surface area contributed by atoms with Gasteiger partial charge in [0.25, 0.3) is 0 Å². The Kier molecular flexibility index (Phi) is 3.13. The van der Waals surface area contributed by atoms with E-state index in [0.29, 0.717) is 5.69 Å². The number of rotatable bonds is 3. The summed E-state index contributed by atoms with van der Waals surface area (Å²) in [5, 5.41) is 0. The van der Waals surface area contributed by atoms with Crippen LogP contribution in [-0.2, 0) is 10.2 Å². The lowest BCUT2D eigenvalue weighted by Crippen LogP contribution is -2.22. The summed E-state index contributed by atoms with van der Waals surface area (Å²) in [6, 6.07) is 6.90. The Morgan fingerprint density at radius 3 is 2.23 bits per heavy atom. The molecule has 0 saturated heterocycles. The van der Waals surface area contributed by atoms with Crippen LogP contribution in [0.2, 0.25) is 0 Å². The van der Waals surface area contributed by atoms with Crippen molar-refractivity contribution in [3.05, 3.63) is 29.8 Å². The summed E-state index contributed by atoms with van der Waals surface area (Å²) < 4.78 is 25.7. The van der Waals surface area contributed by atoms with Crippen LogP contribution >= 0.6 is 11.8 Å². The van der Waals surface area contributed by atoms with E-state index in [9.17, 15) is 8.42 Å². The van der Waals surface area contributed by atoms with Gasteiger partial charge >= 0.3 is 10.2 Å². The minimum Gasteiger partial charge on any atom is -0.270 e. The number of hydrogen-bond acceptors (Lipinski definition) is 2. The molecule has 2 N–H and O–H groups in total. The Balaban J connectivity index is 2.82. The lowest BCUT2D eigenvalue weighted by molar-refractivity contribution is 0.599. The Morgan fingerprint density at radius 2 is 1.77 bits per heavy atom. The van der Waals surface area contributed by atoms with E-state index in [1.54, 1.807) is 28.5 Å². The van der Waals surface area contributed by atoms with Crippen molar-refractivity contribution in [3.63, 3.8) is 0 Å². The van der Waals surface area contributed by atoms with Crippen molar-refractivity contribution >= 4 is 27.7 Å². The molecule has 4 nitrogen and oxygen atoms in total. The third kappa shape index (κ3) is 3.22. The molecule has 1 aromatic carbocycles. The average molecular weight is 221 g/mol. The normalized spacial score (nSPS) is 11.2. The van der Waals surface area contributed by atoms with Gasteiger partial charge in [-0.05, 0) is 30.8 Å². The molecule has 0 atom stereocenters. The van der Waals surface area contributed by atoms with Crippen molar-refractivity contribution in [2.24, 2.45) is 0 Å². The van der Waals surface area contributed by atoms with E-state index in [2.05, 4.69) is 4.72 Å². The van der Waals surface area contributed by atoms with Crippen LogP contribution in [0.3, 0.4) is 0 Å². The third-order valence-corrected chi connectivity index (χ3v) is 2.72.